The quantitative estimate of drug-likeness (QED) is 0.275. The van der Waals surface area contributed by atoms with Crippen LogP contribution in [0.3, 0.4) is 0 Å². The van der Waals surface area contributed by atoms with Gasteiger partial charge in [0.25, 0.3) is 0 Å². The van der Waals surface area contributed by atoms with Crippen LogP contribution >= 0.6 is 0 Å². The molecule has 0 bridgehead atoms. The van der Waals surface area contributed by atoms with Crippen molar-refractivity contribution in [1.29, 1.82) is 0 Å². The lowest BCUT2D eigenvalue weighted by molar-refractivity contribution is 0.561. The van der Waals surface area contributed by atoms with Gasteiger partial charge in [-0.2, -0.15) is 0 Å². The highest BCUT2D eigenvalue weighted by Gasteiger charge is 2.35. The maximum atomic E-state index is 4.36. The number of benzene rings is 2. The molecule has 39 heavy (non-hydrogen) atoms. The second-order valence-electron chi connectivity index (χ2n) is 11.7. The van der Waals surface area contributed by atoms with E-state index < -0.39 is 0 Å². The van der Waals surface area contributed by atoms with Crippen LogP contribution in [0.4, 0.5) is 5.69 Å². The zero-order valence-corrected chi connectivity index (χ0v) is 25.6. The van der Waals surface area contributed by atoms with Crippen molar-refractivity contribution in [3.8, 4) is 0 Å². The lowest BCUT2D eigenvalue weighted by atomic mass is 9.77. The van der Waals surface area contributed by atoms with E-state index in [0.29, 0.717) is 5.92 Å². The normalized spacial score (nSPS) is 16.8. The van der Waals surface area contributed by atoms with Crippen LogP contribution in [-0.2, 0) is 6.42 Å². The van der Waals surface area contributed by atoms with Crippen molar-refractivity contribution < 1.29 is 0 Å². The molecule has 1 N–H and O–H groups in total. The van der Waals surface area contributed by atoms with Gasteiger partial charge in [-0.3, -0.25) is 0 Å². The molecule has 0 radical (unpaired) electrons. The predicted octanol–water partition coefficient (Wildman–Crippen LogP) is 10.7. The van der Waals surface area contributed by atoms with Crippen LogP contribution in [0.15, 0.2) is 124 Å². The second kappa shape index (κ2) is 13.7. The van der Waals surface area contributed by atoms with Gasteiger partial charge in [-0.15, -0.1) is 0 Å². The molecule has 1 aliphatic rings. The fourth-order valence-electron chi connectivity index (χ4n) is 5.55. The molecule has 1 unspecified atom stereocenters. The Morgan fingerprint density at radius 3 is 2.15 bits per heavy atom. The molecule has 3 rings (SSSR count). The lowest BCUT2D eigenvalue weighted by Gasteiger charge is -2.27. The van der Waals surface area contributed by atoms with Gasteiger partial charge in [0.15, 0.2) is 0 Å². The van der Waals surface area contributed by atoms with E-state index in [1.54, 1.807) is 5.57 Å². The molecule has 0 spiro atoms. The second-order valence-corrected chi connectivity index (χ2v) is 11.7. The lowest BCUT2D eigenvalue weighted by Crippen LogP contribution is -2.15. The fraction of sp³-hybridized carbons (Fsp3) is 0.368. The molecule has 0 heterocycles. The number of rotatable bonds is 12. The molecule has 2 aromatic rings. The number of allylic oxidation sites excluding steroid dienone is 10. The molecule has 0 fully saturated rings. The van der Waals surface area contributed by atoms with Crippen LogP contribution in [-0.4, -0.2) is 6.54 Å². The third kappa shape index (κ3) is 7.85. The summed E-state index contributed by atoms with van der Waals surface area (Å²) in [5.41, 5.74) is 13.3. The van der Waals surface area contributed by atoms with Crippen molar-refractivity contribution >= 4 is 5.69 Å². The van der Waals surface area contributed by atoms with Gasteiger partial charge in [0.1, 0.15) is 0 Å². The highest BCUT2D eigenvalue weighted by Crippen LogP contribution is 2.49. The van der Waals surface area contributed by atoms with E-state index in [4.69, 9.17) is 0 Å². The molecule has 1 aliphatic carbocycles. The number of hydrogen-bond donors (Lipinski definition) is 1. The smallest absolute Gasteiger partial charge is 0.0342 e. The van der Waals surface area contributed by atoms with Crippen LogP contribution in [0, 0.1) is 18.3 Å². The Kier molecular flexibility index (Phi) is 10.6. The first-order chi connectivity index (χ1) is 18.5. The zero-order chi connectivity index (χ0) is 28.6. The molecule has 0 aromatic heterocycles. The van der Waals surface area contributed by atoms with Gasteiger partial charge in [-0.1, -0.05) is 112 Å². The van der Waals surface area contributed by atoms with Crippen LogP contribution in [0.5, 0.6) is 0 Å². The Balaban J connectivity index is 1.69. The summed E-state index contributed by atoms with van der Waals surface area (Å²) in [6.45, 7) is 23.5. The van der Waals surface area contributed by atoms with Crippen LogP contribution in [0.1, 0.15) is 72.4 Å². The first-order valence-electron chi connectivity index (χ1n) is 14.6. The Morgan fingerprint density at radius 2 is 1.54 bits per heavy atom. The Hall–Kier alpha value is -3.32. The highest BCUT2D eigenvalue weighted by molar-refractivity contribution is 5.60. The fourth-order valence-corrected chi connectivity index (χ4v) is 5.55. The third-order valence-electron chi connectivity index (χ3n) is 8.46. The minimum atomic E-state index is -0.0357. The first-order valence-corrected chi connectivity index (χ1v) is 14.6. The van der Waals surface area contributed by atoms with Gasteiger partial charge in [0.2, 0.25) is 0 Å². The largest absolute Gasteiger partial charge is 0.382 e. The Morgan fingerprint density at radius 1 is 0.923 bits per heavy atom. The molecule has 206 valence electrons. The van der Waals surface area contributed by atoms with Crippen LogP contribution in [0.25, 0.3) is 0 Å². The summed E-state index contributed by atoms with van der Waals surface area (Å²) in [5, 5.41) is 3.45. The summed E-state index contributed by atoms with van der Waals surface area (Å²) < 4.78 is 0. The number of nitrogens with one attached hydrogen (secondary N) is 1. The number of aryl methyl sites for hydroxylation is 2. The van der Waals surface area contributed by atoms with E-state index in [9.17, 15) is 0 Å². The zero-order valence-electron chi connectivity index (χ0n) is 25.6. The van der Waals surface area contributed by atoms with Gasteiger partial charge in [-0.05, 0) is 104 Å². The minimum absolute atomic E-state index is 0.0357. The standard InChI is InChI=1S/C38H49N/c1-10-34(29(4)20-21-33-16-12-11-13-17-33)26-37-32(7)31(6)36(38(37,8)9)25-30(5)28(3)15-14-24-39-35-22-18-27(2)19-23-35/h11-19,22-23,25-26,29,39H,3,10,20-21,24H2,1-2,4-9H3. The SMILES string of the molecule is C=C(C=CCNc1ccc(C)cc1)C(C)=CC1=C(C)C(C)=C(C=C(CC)C(C)CCc2ccccc2)C1(C)C. The van der Waals surface area contributed by atoms with Crippen molar-refractivity contribution in [3.63, 3.8) is 0 Å². The molecule has 0 amide bonds. The first kappa shape index (κ1) is 30.2. The Labute approximate surface area is 238 Å². The van der Waals surface area contributed by atoms with Crippen LogP contribution in [0.2, 0.25) is 0 Å². The van der Waals surface area contributed by atoms with E-state index in [-0.39, 0.29) is 5.41 Å². The van der Waals surface area contributed by atoms with Crippen molar-refractivity contribution in [2.75, 3.05) is 11.9 Å². The van der Waals surface area contributed by atoms with E-state index >= 15 is 0 Å². The molecule has 2 aromatic carbocycles. The molecular formula is C38H49N. The maximum Gasteiger partial charge on any atom is 0.0342 e. The summed E-state index contributed by atoms with van der Waals surface area (Å²) in [4.78, 5) is 0. The van der Waals surface area contributed by atoms with E-state index in [1.165, 1.54) is 45.4 Å². The molecule has 0 saturated carbocycles. The summed E-state index contributed by atoms with van der Waals surface area (Å²) in [5.74, 6) is 0.561. The summed E-state index contributed by atoms with van der Waals surface area (Å²) in [6.07, 6.45) is 12.6. The van der Waals surface area contributed by atoms with E-state index in [1.807, 2.05) is 0 Å². The average Bonchev–Trinajstić information content (AvgIpc) is 3.08. The summed E-state index contributed by atoms with van der Waals surface area (Å²) in [7, 11) is 0. The molecule has 1 nitrogen and oxygen atoms in total. The van der Waals surface area contributed by atoms with Crippen molar-refractivity contribution in [2.45, 2.75) is 74.7 Å². The van der Waals surface area contributed by atoms with E-state index in [2.05, 4.69) is 146 Å². The van der Waals surface area contributed by atoms with Gasteiger partial charge in [0, 0.05) is 17.6 Å². The minimum Gasteiger partial charge on any atom is -0.382 e. The van der Waals surface area contributed by atoms with Gasteiger partial charge < -0.3 is 5.32 Å². The molecule has 0 saturated heterocycles. The number of anilines is 1. The third-order valence-corrected chi connectivity index (χ3v) is 8.46. The summed E-state index contributed by atoms with van der Waals surface area (Å²) >= 11 is 0. The molecule has 0 aliphatic heterocycles. The maximum absolute atomic E-state index is 4.36. The predicted molar refractivity (Wildman–Crippen MR) is 173 cm³/mol. The van der Waals surface area contributed by atoms with Gasteiger partial charge in [-0.25, -0.2) is 0 Å². The molecule has 1 atom stereocenters. The monoisotopic (exact) mass is 519 g/mol. The topological polar surface area (TPSA) is 12.0 Å². The van der Waals surface area contributed by atoms with Crippen LogP contribution < -0.4 is 5.32 Å². The Bertz CT molecular complexity index is 1290. The van der Waals surface area contributed by atoms with E-state index in [0.717, 1.165) is 30.6 Å². The average molecular weight is 520 g/mol. The number of hydrogen-bond acceptors (Lipinski definition) is 1. The molecule has 1 heteroatoms. The van der Waals surface area contributed by atoms with Gasteiger partial charge in [0.05, 0.1) is 0 Å². The van der Waals surface area contributed by atoms with Crippen molar-refractivity contribution in [2.24, 2.45) is 11.3 Å². The molecular weight excluding hydrogens is 470 g/mol. The van der Waals surface area contributed by atoms with Crippen molar-refractivity contribution in [3.05, 3.63) is 136 Å². The summed E-state index contributed by atoms with van der Waals surface area (Å²) in [6, 6.07) is 19.4. The van der Waals surface area contributed by atoms with Gasteiger partial charge >= 0.3 is 0 Å². The highest BCUT2D eigenvalue weighted by atomic mass is 14.8. The van der Waals surface area contributed by atoms with Crippen molar-refractivity contribution in [1.82, 2.24) is 0 Å².